The van der Waals surface area contributed by atoms with Crippen LogP contribution in [-0.4, -0.2) is 52.7 Å². The summed E-state index contributed by atoms with van der Waals surface area (Å²) in [5.74, 6) is -0.556. The smallest absolute Gasteiger partial charge is 0.308 e. The van der Waals surface area contributed by atoms with Crippen LogP contribution in [0.3, 0.4) is 0 Å². The Labute approximate surface area is 212 Å². The Morgan fingerprint density at radius 3 is 2.78 bits per heavy atom. The summed E-state index contributed by atoms with van der Waals surface area (Å²) in [6.07, 6.45) is 10.1. The molecule has 0 radical (unpaired) electrons. The molecule has 0 aliphatic carbocycles. The van der Waals surface area contributed by atoms with Crippen LogP contribution in [0.1, 0.15) is 55.8 Å². The molecule has 0 saturated carbocycles. The van der Waals surface area contributed by atoms with Crippen molar-refractivity contribution >= 4 is 16.9 Å². The maximum absolute atomic E-state index is 15.4. The molecule has 3 atom stereocenters. The van der Waals surface area contributed by atoms with Crippen LogP contribution in [0.15, 0.2) is 55.0 Å². The van der Waals surface area contributed by atoms with Gasteiger partial charge in [-0.25, -0.2) is 4.39 Å². The molecule has 1 aliphatic heterocycles. The topological polar surface area (TPSA) is 75.5 Å². The van der Waals surface area contributed by atoms with Crippen molar-refractivity contribution < 1.29 is 19.0 Å². The number of alkyl halides is 1. The maximum Gasteiger partial charge on any atom is 0.308 e. The van der Waals surface area contributed by atoms with Crippen LogP contribution in [0.5, 0.6) is 5.75 Å². The minimum atomic E-state index is -1.17. The Morgan fingerprint density at radius 1 is 1.17 bits per heavy atom. The number of hydrogen-bond donors (Lipinski definition) is 1. The first-order valence-electron chi connectivity index (χ1n) is 13.0. The van der Waals surface area contributed by atoms with Crippen LogP contribution >= 0.6 is 0 Å². The predicted octanol–water partition coefficient (Wildman–Crippen LogP) is 5.86. The molecule has 1 saturated heterocycles. The molecular weight excluding hydrogens is 457 g/mol. The Kier molecular flexibility index (Phi) is 9.23. The molecule has 3 aromatic rings. The number of pyridine rings is 2. The van der Waals surface area contributed by atoms with Crippen molar-refractivity contribution in [1.29, 1.82) is 0 Å². The van der Waals surface area contributed by atoms with E-state index >= 15 is 4.39 Å². The molecule has 192 valence electrons. The minimum absolute atomic E-state index is 0.00803. The van der Waals surface area contributed by atoms with Crippen molar-refractivity contribution in [1.82, 2.24) is 14.9 Å². The largest absolute Gasteiger partial charge is 0.497 e. The van der Waals surface area contributed by atoms with Gasteiger partial charge in [0.2, 0.25) is 0 Å². The number of halogens is 1. The van der Waals surface area contributed by atoms with Crippen molar-refractivity contribution in [3.8, 4) is 5.75 Å². The van der Waals surface area contributed by atoms with Gasteiger partial charge in [-0.05, 0) is 105 Å². The van der Waals surface area contributed by atoms with E-state index in [1.807, 2.05) is 30.6 Å². The van der Waals surface area contributed by atoms with E-state index in [2.05, 4.69) is 27.0 Å². The number of carbonyl (C=O) groups is 1. The first-order chi connectivity index (χ1) is 17.5. The third kappa shape index (κ3) is 6.78. The van der Waals surface area contributed by atoms with E-state index in [4.69, 9.17) is 4.74 Å². The number of benzene rings is 1. The van der Waals surface area contributed by atoms with Gasteiger partial charge in [0.1, 0.15) is 11.9 Å². The normalized spacial score (nSPS) is 19.3. The van der Waals surface area contributed by atoms with E-state index < -0.39 is 18.1 Å². The molecule has 2 aromatic heterocycles. The zero-order valence-corrected chi connectivity index (χ0v) is 21.0. The SMILES string of the molecule is COc1ccc2nccc(C(F)CC[C@@H]3CCN(CCCCCc4ccncc4)C[C@@H]3C(=O)O)c2c1. The van der Waals surface area contributed by atoms with Crippen molar-refractivity contribution in [2.75, 3.05) is 26.7 Å². The summed E-state index contributed by atoms with van der Waals surface area (Å²) in [4.78, 5) is 22.7. The van der Waals surface area contributed by atoms with E-state index in [0.717, 1.165) is 56.1 Å². The highest BCUT2D eigenvalue weighted by Crippen LogP contribution is 2.35. The molecule has 1 N–H and O–H groups in total. The van der Waals surface area contributed by atoms with Gasteiger partial charge in [0.15, 0.2) is 0 Å². The van der Waals surface area contributed by atoms with Gasteiger partial charge in [0.05, 0.1) is 18.5 Å². The molecule has 1 aromatic carbocycles. The summed E-state index contributed by atoms with van der Waals surface area (Å²) >= 11 is 0. The predicted molar refractivity (Wildman–Crippen MR) is 139 cm³/mol. The van der Waals surface area contributed by atoms with Crippen LogP contribution in [0.2, 0.25) is 0 Å². The van der Waals surface area contributed by atoms with Gasteiger partial charge in [0.25, 0.3) is 0 Å². The molecule has 6 nitrogen and oxygen atoms in total. The van der Waals surface area contributed by atoms with Crippen LogP contribution in [0.4, 0.5) is 4.39 Å². The van der Waals surface area contributed by atoms with Crippen LogP contribution in [-0.2, 0) is 11.2 Å². The highest BCUT2D eigenvalue weighted by molar-refractivity contribution is 5.83. The first kappa shape index (κ1) is 26.0. The number of hydrogen-bond acceptors (Lipinski definition) is 5. The number of methoxy groups -OCH3 is 1. The summed E-state index contributed by atoms with van der Waals surface area (Å²) in [6, 6.07) is 11.3. The van der Waals surface area contributed by atoms with Crippen LogP contribution < -0.4 is 4.74 Å². The van der Waals surface area contributed by atoms with E-state index in [1.165, 1.54) is 5.56 Å². The molecule has 0 bridgehead atoms. The highest BCUT2D eigenvalue weighted by Gasteiger charge is 2.34. The zero-order valence-electron chi connectivity index (χ0n) is 21.0. The van der Waals surface area contributed by atoms with Gasteiger partial charge in [-0.15, -0.1) is 0 Å². The standard InChI is InChI=1S/C29H36FN3O3/c1-36-23-7-9-28-25(19-23)24(12-16-32-28)27(30)8-6-22-13-18-33(20-26(22)29(34)35)17-4-2-3-5-21-10-14-31-15-11-21/h7,9-12,14-16,19,22,26-27H,2-6,8,13,17-18,20H2,1H3,(H,34,35)/t22-,26+,27?/m1/s1. The fourth-order valence-corrected chi connectivity index (χ4v) is 5.35. The Morgan fingerprint density at radius 2 is 2.00 bits per heavy atom. The van der Waals surface area contributed by atoms with Crippen molar-refractivity contribution in [2.24, 2.45) is 11.8 Å². The van der Waals surface area contributed by atoms with Gasteiger partial charge in [0, 0.05) is 30.5 Å². The molecule has 4 rings (SSSR count). The monoisotopic (exact) mass is 493 g/mol. The molecule has 1 aliphatic rings. The van der Waals surface area contributed by atoms with Crippen LogP contribution in [0.25, 0.3) is 10.9 Å². The Hall–Kier alpha value is -3.06. The fourth-order valence-electron chi connectivity index (χ4n) is 5.35. The third-order valence-electron chi connectivity index (χ3n) is 7.46. The third-order valence-corrected chi connectivity index (χ3v) is 7.46. The lowest BCUT2D eigenvalue weighted by atomic mass is 9.81. The maximum atomic E-state index is 15.4. The van der Waals surface area contributed by atoms with Crippen molar-refractivity contribution in [3.63, 3.8) is 0 Å². The second-order valence-corrected chi connectivity index (χ2v) is 9.79. The first-order valence-corrected chi connectivity index (χ1v) is 13.0. The van der Waals surface area contributed by atoms with Gasteiger partial charge < -0.3 is 14.7 Å². The number of nitrogens with zero attached hydrogens (tertiary/aromatic N) is 3. The van der Waals surface area contributed by atoms with Crippen molar-refractivity contribution in [2.45, 2.75) is 51.1 Å². The highest BCUT2D eigenvalue weighted by atomic mass is 19.1. The molecular formula is C29H36FN3O3. The Balaban J connectivity index is 1.26. The Bertz CT molecular complexity index is 1130. The second kappa shape index (κ2) is 12.8. The van der Waals surface area contributed by atoms with Gasteiger partial charge in [-0.2, -0.15) is 0 Å². The van der Waals surface area contributed by atoms with E-state index in [1.54, 1.807) is 19.4 Å². The number of aromatic nitrogens is 2. The number of likely N-dealkylation sites (tertiary alicyclic amines) is 1. The molecule has 3 heterocycles. The number of carboxylic acid groups (broad SMARTS) is 1. The molecule has 1 fully saturated rings. The molecule has 0 spiro atoms. The number of aliphatic carboxylic acids is 1. The fraction of sp³-hybridized carbons (Fsp3) is 0.483. The number of aryl methyl sites for hydroxylation is 1. The summed E-state index contributed by atoms with van der Waals surface area (Å²) in [5, 5.41) is 10.6. The second-order valence-electron chi connectivity index (χ2n) is 9.79. The van der Waals surface area contributed by atoms with E-state index in [9.17, 15) is 9.90 Å². The average Bonchev–Trinajstić information content (AvgIpc) is 2.91. The van der Waals surface area contributed by atoms with Crippen LogP contribution in [0, 0.1) is 11.8 Å². The van der Waals surface area contributed by atoms with Gasteiger partial charge in [-0.3, -0.25) is 14.8 Å². The lowest BCUT2D eigenvalue weighted by Crippen LogP contribution is -2.44. The molecule has 1 unspecified atom stereocenters. The van der Waals surface area contributed by atoms with Crippen molar-refractivity contribution in [3.05, 3.63) is 66.1 Å². The van der Waals surface area contributed by atoms with Gasteiger partial charge in [-0.1, -0.05) is 6.42 Å². The zero-order chi connectivity index (χ0) is 25.3. The summed E-state index contributed by atoms with van der Waals surface area (Å²) < 4.78 is 20.7. The van der Waals surface area contributed by atoms with Gasteiger partial charge >= 0.3 is 5.97 Å². The number of piperidine rings is 1. The number of rotatable bonds is 12. The van der Waals surface area contributed by atoms with E-state index in [0.29, 0.717) is 30.7 Å². The number of ether oxygens (including phenoxy) is 1. The lowest BCUT2D eigenvalue weighted by molar-refractivity contribution is -0.146. The molecule has 0 amide bonds. The molecule has 7 heteroatoms. The van der Waals surface area contributed by atoms with E-state index in [-0.39, 0.29) is 5.92 Å². The minimum Gasteiger partial charge on any atom is -0.497 e. The number of carboxylic acids is 1. The number of fused-ring (bicyclic) bond motifs is 1. The summed E-state index contributed by atoms with van der Waals surface area (Å²) in [7, 11) is 1.59. The number of unbranched alkanes of at least 4 members (excludes halogenated alkanes) is 2. The summed E-state index contributed by atoms with van der Waals surface area (Å²) in [5.41, 5.74) is 2.63. The quantitative estimate of drug-likeness (QED) is 0.318. The lowest BCUT2D eigenvalue weighted by Gasteiger charge is -2.37. The summed E-state index contributed by atoms with van der Waals surface area (Å²) in [6.45, 7) is 2.35. The molecule has 36 heavy (non-hydrogen) atoms. The average molecular weight is 494 g/mol.